The second-order valence-corrected chi connectivity index (χ2v) is 6.61. The van der Waals surface area contributed by atoms with Crippen LogP contribution in [0.2, 0.25) is 0 Å². The number of fused-ring (bicyclic) bond motifs is 1. The lowest BCUT2D eigenvalue weighted by Crippen LogP contribution is -2.53. The standard InChI is InChI=1S/C18H22N2O4/c1-12(2)11-15(18(23)19-7-9-24-10-8-19)20-16(21)13-5-3-4-6-14(13)17(20)22/h3-6,12,15H,7-11H2,1-2H3. The molecule has 0 saturated carbocycles. The predicted octanol–water partition coefficient (Wildman–Crippen LogP) is 1.56. The van der Waals surface area contributed by atoms with Gasteiger partial charge >= 0.3 is 0 Å². The van der Waals surface area contributed by atoms with Gasteiger partial charge in [-0.25, -0.2) is 0 Å². The van der Waals surface area contributed by atoms with E-state index in [0.29, 0.717) is 43.9 Å². The van der Waals surface area contributed by atoms with Crippen molar-refractivity contribution in [2.75, 3.05) is 26.3 Å². The van der Waals surface area contributed by atoms with Gasteiger partial charge in [-0.1, -0.05) is 26.0 Å². The van der Waals surface area contributed by atoms with E-state index >= 15 is 0 Å². The number of hydrogen-bond acceptors (Lipinski definition) is 4. The van der Waals surface area contributed by atoms with Crippen LogP contribution in [0.15, 0.2) is 24.3 Å². The molecular weight excluding hydrogens is 308 g/mol. The monoisotopic (exact) mass is 330 g/mol. The Bertz CT molecular complexity index is 630. The third-order valence-electron chi connectivity index (χ3n) is 4.44. The summed E-state index contributed by atoms with van der Waals surface area (Å²) in [5.74, 6) is -0.725. The number of amides is 3. The van der Waals surface area contributed by atoms with E-state index in [0.717, 1.165) is 4.90 Å². The first-order valence-corrected chi connectivity index (χ1v) is 8.34. The Morgan fingerprint density at radius 2 is 1.62 bits per heavy atom. The van der Waals surface area contributed by atoms with Crippen molar-refractivity contribution < 1.29 is 19.1 Å². The second-order valence-electron chi connectivity index (χ2n) is 6.61. The Labute approximate surface area is 141 Å². The normalized spacial score (nSPS) is 19.0. The summed E-state index contributed by atoms with van der Waals surface area (Å²) in [7, 11) is 0. The predicted molar refractivity (Wildman–Crippen MR) is 87.6 cm³/mol. The van der Waals surface area contributed by atoms with Crippen LogP contribution in [0.25, 0.3) is 0 Å². The summed E-state index contributed by atoms with van der Waals surface area (Å²) in [5.41, 5.74) is 0.761. The number of hydrogen-bond donors (Lipinski definition) is 0. The van der Waals surface area contributed by atoms with Crippen molar-refractivity contribution in [2.24, 2.45) is 5.92 Å². The van der Waals surface area contributed by atoms with Gasteiger partial charge in [0.05, 0.1) is 24.3 Å². The maximum absolute atomic E-state index is 13.0. The summed E-state index contributed by atoms with van der Waals surface area (Å²) >= 11 is 0. The lowest BCUT2D eigenvalue weighted by atomic mass is 10.0. The zero-order valence-corrected chi connectivity index (χ0v) is 14.0. The minimum Gasteiger partial charge on any atom is -0.378 e. The first-order valence-electron chi connectivity index (χ1n) is 8.34. The maximum Gasteiger partial charge on any atom is 0.262 e. The summed E-state index contributed by atoms with van der Waals surface area (Å²) < 4.78 is 5.29. The molecule has 3 amide bonds. The first kappa shape index (κ1) is 16.6. The van der Waals surface area contributed by atoms with Gasteiger partial charge in [-0.2, -0.15) is 0 Å². The van der Waals surface area contributed by atoms with Crippen LogP contribution >= 0.6 is 0 Å². The fourth-order valence-corrected chi connectivity index (χ4v) is 3.25. The molecule has 1 aromatic carbocycles. The first-order chi connectivity index (χ1) is 11.5. The summed E-state index contributed by atoms with van der Waals surface area (Å²) in [6, 6.07) is 5.99. The van der Waals surface area contributed by atoms with Gasteiger partial charge in [-0.15, -0.1) is 0 Å². The van der Waals surface area contributed by atoms with E-state index < -0.39 is 6.04 Å². The molecule has 128 valence electrons. The van der Waals surface area contributed by atoms with Gasteiger partial charge in [0.15, 0.2) is 0 Å². The summed E-state index contributed by atoms with van der Waals surface area (Å²) in [4.78, 5) is 41.3. The Hall–Kier alpha value is -2.21. The Balaban J connectivity index is 1.90. The molecule has 1 aromatic rings. The van der Waals surface area contributed by atoms with Gasteiger partial charge in [0, 0.05) is 13.1 Å². The third-order valence-corrected chi connectivity index (χ3v) is 4.44. The van der Waals surface area contributed by atoms with Crippen LogP contribution in [0, 0.1) is 5.92 Å². The van der Waals surface area contributed by atoms with E-state index in [2.05, 4.69) is 0 Å². The smallest absolute Gasteiger partial charge is 0.262 e. The number of nitrogens with zero attached hydrogens (tertiary/aromatic N) is 2. The van der Waals surface area contributed by atoms with E-state index in [9.17, 15) is 14.4 Å². The van der Waals surface area contributed by atoms with Crippen LogP contribution in [-0.2, 0) is 9.53 Å². The molecule has 2 heterocycles. The molecule has 0 aromatic heterocycles. The highest BCUT2D eigenvalue weighted by Gasteiger charge is 2.44. The molecule has 1 fully saturated rings. The molecule has 1 atom stereocenters. The van der Waals surface area contributed by atoms with E-state index in [1.54, 1.807) is 29.2 Å². The zero-order chi connectivity index (χ0) is 17.3. The van der Waals surface area contributed by atoms with Crippen LogP contribution in [0.4, 0.5) is 0 Å². The topological polar surface area (TPSA) is 66.9 Å². The van der Waals surface area contributed by atoms with Crippen LogP contribution in [-0.4, -0.2) is 59.9 Å². The lowest BCUT2D eigenvalue weighted by Gasteiger charge is -2.34. The van der Waals surface area contributed by atoms with E-state index in [1.807, 2.05) is 13.8 Å². The zero-order valence-electron chi connectivity index (χ0n) is 14.0. The molecular formula is C18H22N2O4. The molecule has 2 aliphatic rings. The average molecular weight is 330 g/mol. The number of benzene rings is 1. The minimum atomic E-state index is -0.754. The van der Waals surface area contributed by atoms with E-state index in [-0.39, 0.29) is 23.6 Å². The van der Waals surface area contributed by atoms with Gasteiger partial charge in [0.2, 0.25) is 5.91 Å². The molecule has 3 rings (SSSR count). The average Bonchev–Trinajstić information content (AvgIpc) is 2.84. The fourth-order valence-electron chi connectivity index (χ4n) is 3.25. The molecule has 24 heavy (non-hydrogen) atoms. The Morgan fingerprint density at radius 3 is 2.12 bits per heavy atom. The number of ether oxygens (including phenoxy) is 1. The highest BCUT2D eigenvalue weighted by atomic mass is 16.5. The van der Waals surface area contributed by atoms with Crippen molar-refractivity contribution in [3.63, 3.8) is 0 Å². The fraction of sp³-hybridized carbons (Fsp3) is 0.500. The van der Waals surface area contributed by atoms with E-state index in [1.165, 1.54) is 0 Å². The summed E-state index contributed by atoms with van der Waals surface area (Å²) in [6.07, 6.45) is 0.460. The number of morpholine rings is 1. The van der Waals surface area contributed by atoms with Crippen LogP contribution < -0.4 is 0 Å². The van der Waals surface area contributed by atoms with Crippen molar-refractivity contribution in [1.29, 1.82) is 0 Å². The summed E-state index contributed by atoms with van der Waals surface area (Å²) in [6.45, 7) is 5.94. The maximum atomic E-state index is 13.0. The van der Waals surface area contributed by atoms with Gasteiger partial charge in [0.1, 0.15) is 6.04 Å². The van der Waals surface area contributed by atoms with Gasteiger partial charge in [-0.05, 0) is 24.5 Å². The van der Waals surface area contributed by atoms with Crippen molar-refractivity contribution >= 4 is 17.7 Å². The summed E-state index contributed by atoms with van der Waals surface area (Å²) in [5, 5.41) is 0. The third kappa shape index (κ3) is 2.94. The molecule has 1 unspecified atom stereocenters. The van der Waals surface area contributed by atoms with Gasteiger partial charge in [-0.3, -0.25) is 19.3 Å². The van der Waals surface area contributed by atoms with Crippen molar-refractivity contribution in [3.05, 3.63) is 35.4 Å². The largest absolute Gasteiger partial charge is 0.378 e. The van der Waals surface area contributed by atoms with Gasteiger partial charge in [0.25, 0.3) is 11.8 Å². The Kier molecular flexibility index (Phi) is 4.66. The SMILES string of the molecule is CC(C)CC(C(=O)N1CCOCC1)N1C(=O)c2ccccc2C1=O. The van der Waals surface area contributed by atoms with Crippen LogP contribution in [0.1, 0.15) is 41.0 Å². The Morgan fingerprint density at radius 1 is 1.08 bits per heavy atom. The molecule has 0 radical (unpaired) electrons. The van der Waals surface area contributed by atoms with E-state index in [4.69, 9.17) is 4.74 Å². The highest BCUT2D eigenvalue weighted by molar-refractivity contribution is 6.22. The quantitative estimate of drug-likeness (QED) is 0.786. The number of carbonyl (C=O) groups is 3. The van der Waals surface area contributed by atoms with Crippen molar-refractivity contribution in [1.82, 2.24) is 9.80 Å². The molecule has 0 bridgehead atoms. The molecule has 2 aliphatic heterocycles. The second kappa shape index (κ2) is 6.73. The molecule has 0 N–H and O–H groups in total. The molecule has 6 nitrogen and oxygen atoms in total. The molecule has 0 aliphatic carbocycles. The molecule has 6 heteroatoms. The van der Waals surface area contributed by atoms with Gasteiger partial charge < -0.3 is 9.64 Å². The number of imide groups is 1. The highest BCUT2D eigenvalue weighted by Crippen LogP contribution is 2.27. The van der Waals surface area contributed by atoms with Crippen molar-refractivity contribution in [2.45, 2.75) is 26.3 Å². The minimum absolute atomic E-state index is 0.165. The van der Waals surface area contributed by atoms with Crippen molar-refractivity contribution in [3.8, 4) is 0 Å². The molecule has 0 spiro atoms. The van der Waals surface area contributed by atoms with Crippen LogP contribution in [0.3, 0.4) is 0 Å². The molecule has 1 saturated heterocycles. The lowest BCUT2D eigenvalue weighted by molar-refractivity contribution is -0.140. The van der Waals surface area contributed by atoms with Crippen LogP contribution in [0.5, 0.6) is 0 Å². The number of rotatable bonds is 4. The number of carbonyl (C=O) groups excluding carboxylic acids is 3.